The summed E-state index contributed by atoms with van der Waals surface area (Å²) in [6.07, 6.45) is 4.18. The first-order valence-corrected chi connectivity index (χ1v) is 9.16. The van der Waals surface area contributed by atoms with Gasteiger partial charge in [-0.05, 0) is 36.8 Å². The van der Waals surface area contributed by atoms with Crippen LogP contribution in [0.1, 0.15) is 29.8 Å². The van der Waals surface area contributed by atoms with E-state index in [0.717, 1.165) is 31.5 Å². The summed E-state index contributed by atoms with van der Waals surface area (Å²) in [5.74, 6) is 0.138. The number of carbonyl (C=O) groups is 2. The topological polar surface area (TPSA) is 58.4 Å². The normalized spacial score (nSPS) is 24.1. The van der Waals surface area contributed by atoms with Gasteiger partial charge in [-0.2, -0.15) is 16.4 Å². The molecule has 0 N–H and O–H groups in total. The van der Waals surface area contributed by atoms with Crippen LogP contribution in [0.15, 0.2) is 29.1 Å². The maximum Gasteiger partial charge on any atom is 0.272 e. The molecule has 126 valence electrons. The molecule has 0 saturated carbocycles. The predicted molar refractivity (Wildman–Crippen MR) is 92.1 cm³/mol. The van der Waals surface area contributed by atoms with Crippen LogP contribution in [-0.2, 0) is 11.8 Å². The fourth-order valence-electron chi connectivity index (χ4n) is 3.91. The van der Waals surface area contributed by atoms with Crippen LogP contribution in [0.25, 0.3) is 0 Å². The van der Waals surface area contributed by atoms with E-state index in [-0.39, 0.29) is 11.8 Å². The zero-order valence-electron chi connectivity index (χ0n) is 13.6. The Morgan fingerprint density at radius 2 is 2.17 bits per heavy atom. The van der Waals surface area contributed by atoms with E-state index in [2.05, 4.69) is 5.10 Å². The Labute approximate surface area is 144 Å². The van der Waals surface area contributed by atoms with E-state index >= 15 is 0 Å². The average molecular weight is 344 g/mol. The molecular weight excluding hydrogens is 324 g/mol. The second-order valence-corrected chi connectivity index (χ2v) is 7.42. The lowest BCUT2D eigenvalue weighted by molar-refractivity contribution is -0.127. The van der Waals surface area contributed by atoms with Crippen LogP contribution in [0.3, 0.4) is 0 Å². The first-order valence-electron chi connectivity index (χ1n) is 8.22. The summed E-state index contributed by atoms with van der Waals surface area (Å²) < 4.78 is 1.59. The molecule has 0 aliphatic carbocycles. The summed E-state index contributed by atoms with van der Waals surface area (Å²) in [7, 11) is 1.77. The van der Waals surface area contributed by atoms with Gasteiger partial charge in [0.25, 0.3) is 5.91 Å². The number of thiophene rings is 1. The van der Waals surface area contributed by atoms with Crippen molar-refractivity contribution in [1.82, 2.24) is 14.7 Å². The summed E-state index contributed by atoms with van der Waals surface area (Å²) >= 11 is 1.60. The second-order valence-electron chi connectivity index (χ2n) is 6.64. The third-order valence-corrected chi connectivity index (χ3v) is 5.91. The SMILES string of the molecule is Cn1nccc1C(=O)N1CCCC2(CCN(c3ccsc3)C2=O)C1. The lowest BCUT2D eigenvalue weighted by Gasteiger charge is -2.38. The molecule has 7 heteroatoms. The fourth-order valence-corrected chi connectivity index (χ4v) is 4.55. The number of nitrogens with zero attached hydrogens (tertiary/aromatic N) is 4. The lowest BCUT2D eigenvalue weighted by atomic mass is 9.78. The van der Waals surface area contributed by atoms with Crippen molar-refractivity contribution >= 4 is 28.8 Å². The van der Waals surface area contributed by atoms with Crippen LogP contribution < -0.4 is 4.90 Å². The van der Waals surface area contributed by atoms with E-state index in [1.54, 1.807) is 35.3 Å². The molecule has 0 bridgehead atoms. The summed E-state index contributed by atoms with van der Waals surface area (Å²) in [4.78, 5) is 29.6. The quantitative estimate of drug-likeness (QED) is 0.839. The van der Waals surface area contributed by atoms with E-state index in [4.69, 9.17) is 0 Å². The summed E-state index contributed by atoms with van der Waals surface area (Å²) in [5, 5.41) is 8.08. The van der Waals surface area contributed by atoms with Gasteiger partial charge in [-0.25, -0.2) is 0 Å². The van der Waals surface area contributed by atoms with E-state index in [0.29, 0.717) is 18.8 Å². The molecule has 2 aromatic rings. The molecule has 4 heterocycles. The lowest BCUT2D eigenvalue weighted by Crippen LogP contribution is -2.50. The van der Waals surface area contributed by atoms with Crippen molar-refractivity contribution in [3.63, 3.8) is 0 Å². The van der Waals surface area contributed by atoms with Crippen LogP contribution in [-0.4, -0.2) is 46.1 Å². The Morgan fingerprint density at radius 1 is 1.29 bits per heavy atom. The number of carbonyl (C=O) groups excluding carboxylic acids is 2. The van der Waals surface area contributed by atoms with Gasteiger partial charge < -0.3 is 9.80 Å². The molecule has 1 atom stereocenters. The molecule has 4 rings (SSSR count). The second kappa shape index (κ2) is 5.73. The summed E-state index contributed by atoms with van der Waals surface area (Å²) in [6, 6.07) is 3.72. The van der Waals surface area contributed by atoms with Crippen LogP contribution >= 0.6 is 11.3 Å². The third kappa shape index (κ3) is 2.34. The maximum atomic E-state index is 13.1. The highest BCUT2D eigenvalue weighted by Gasteiger charge is 2.50. The van der Waals surface area contributed by atoms with Crippen LogP contribution in [0.5, 0.6) is 0 Å². The minimum absolute atomic E-state index is 0.0316. The fraction of sp³-hybridized carbons (Fsp3) is 0.471. The zero-order valence-corrected chi connectivity index (χ0v) is 14.5. The summed E-state index contributed by atoms with van der Waals surface area (Å²) in [5.41, 5.74) is 1.14. The Hall–Kier alpha value is -2.15. The van der Waals surface area contributed by atoms with Gasteiger partial charge in [0.15, 0.2) is 0 Å². The monoisotopic (exact) mass is 344 g/mol. The van der Waals surface area contributed by atoms with Crippen molar-refractivity contribution in [3.05, 3.63) is 34.8 Å². The first-order chi connectivity index (χ1) is 11.6. The Kier molecular flexibility index (Phi) is 3.68. The Morgan fingerprint density at radius 3 is 2.88 bits per heavy atom. The number of hydrogen-bond acceptors (Lipinski definition) is 4. The van der Waals surface area contributed by atoms with Gasteiger partial charge >= 0.3 is 0 Å². The molecule has 0 radical (unpaired) electrons. The van der Waals surface area contributed by atoms with Crippen LogP contribution in [0, 0.1) is 5.41 Å². The van der Waals surface area contributed by atoms with Crippen LogP contribution in [0.4, 0.5) is 5.69 Å². The van der Waals surface area contributed by atoms with Gasteiger partial charge in [0.1, 0.15) is 5.69 Å². The number of aryl methyl sites for hydroxylation is 1. The first kappa shape index (κ1) is 15.4. The molecule has 2 aliphatic rings. The zero-order chi connectivity index (χ0) is 16.7. The minimum Gasteiger partial charge on any atom is -0.336 e. The van der Waals surface area contributed by atoms with E-state index in [1.165, 1.54) is 0 Å². The van der Waals surface area contributed by atoms with Gasteiger partial charge in [-0.15, -0.1) is 0 Å². The number of amides is 2. The van der Waals surface area contributed by atoms with Crippen molar-refractivity contribution in [1.29, 1.82) is 0 Å². The minimum atomic E-state index is -0.422. The van der Waals surface area contributed by atoms with E-state index < -0.39 is 5.41 Å². The van der Waals surface area contributed by atoms with Crippen molar-refractivity contribution < 1.29 is 9.59 Å². The summed E-state index contributed by atoms with van der Waals surface area (Å²) in [6.45, 7) is 1.96. The average Bonchev–Trinajstić information content (AvgIpc) is 3.31. The van der Waals surface area contributed by atoms with Crippen molar-refractivity contribution in [2.45, 2.75) is 19.3 Å². The molecule has 2 amide bonds. The molecule has 1 spiro atoms. The number of aromatic nitrogens is 2. The van der Waals surface area contributed by atoms with Gasteiger partial charge in [-0.1, -0.05) is 0 Å². The number of likely N-dealkylation sites (tertiary alicyclic amines) is 1. The number of anilines is 1. The maximum absolute atomic E-state index is 13.1. The highest BCUT2D eigenvalue weighted by molar-refractivity contribution is 7.08. The molecule has 2 fully saturated rings. The molecule has 24 heavy (non-hydrogen) atoms. The standard InChI is InChI=1S/C17H20N4O2S/c1-19-14(3-7-18-19)15(22)20-8-2-5-17(12-20)6-9-21(16(17)23)13-4-10-24-11-13/h3-4,7,10-11H,2,5-6,8-9,12H2,1H3. The van der Waals surface area contributed by atoms with Gasteiger partial charge in [0.2, 0.25) is 5.91 Å². The van der Waals surface area contributed by atoms with Gasteiger partial charge in [0, 0.05) is 38.3 Å². The highest BCUT2D eigenvalue weighted by atomic mass is 32.1. The van der Waals surface area contributed by atoms with Crippen LogP contribution in [0.2, 0.25) is 0 Å². The predicted octanol–water partition coefficient (Wildman–Crippen LogP) is 2.14. The number of hydrogen-bond donors (Lipinski definition) is 0. The van der Waals surface area contributed by atoms with E-state index in [9.17, 15) is 9.59 Å². The largest absolute Gasteiger partial charge is 0.336 e. The van der Waals surface area contributed by atoms with Gasteiger partial charge in [0.05, 0.1) is 11.1 Å². The molecular formula is C17H20N4O2S. The van der Waals surface area contributed by atoms with Crippen molar-refractivity contribution in [3.8, 4) is 0 Å². The molecule has 1 unspecified atom stereocenters. The van der Waals surface area contributed by atoms with Crippen molar-refractivity contribution in [2.24, 2.45) is 12.5 Å². The number of rotatable bonds is 2. The molecule has 2 saturated heterocycles. The Balaban J connectivity index is 1.56. The van der Waals surface area contributed by atoms with Gasteiger partial charge in [-0.3, -0.25) is 14.3 Å². The van der Waals surface area contributed by atoms with Crippen molar-refractivity contribution in [2.75, 3.05) is 24.5 Å². The van der Waals surface area contributed by atoms with E-state index in [1.807, 2.05) is 26.6 Å². The molecule has 0 aromatic carbocycles. The molecule has 2 aliphatic heterocycles. The highest BCUT2D eigenvalue weighted by Crippen LogP contribution is 2.42. The smallest absolute Gasteiger partial charge is 0.272 e. The third-order valence-electron chi connectivity index (χ3n) is 5.23. The molecule has 6 nitrogen and oxygen atoms in total. The molecule has 2 aromatic heterocycles. The Bertz CT molecular complexity index is 769. The number of piperidine rings is 1.